The Hall–Kier alpha value is -0.480. The van der Waals surface area contributed by atoms with Gasteiger partial charge < -0.3 is 59.4 Å². The molecule has 3 aliphatic rings. The number of aliphatic hydroxyl groups excluding tert-OH is 6. The van der Waals surface area contributed by atoms with Gasteiger partial charge in [0.25, 0.3) is 0 Å². The highest BCUT2D eigenvalue weighted by molar-refractivity contribution is 4.92. The molecule has 0 spiro atoms. The third-order valence-electron chi connectivity index (χ3n) is 5.58. The molecule has 0 aromatic carbocycles. The van der Waals surface area contributed by atoms with Gasteiger partial charge in [-0.2, -0.15) is 0 Å². The first-order valence-corrected chi connectivity index (χ1v) is 9.55. The van der Waals surface area contributed by atoms with Crippen molar-refractivity contribution >= 4 is 0 Å². The average Bonchev–Trinajstić information content (AvgIpc) is 2.69. The van der Waals surface area contributed by atoms with Crippen LogP contribution in [-0.4, -0.2) is 129 Å². The Morgan fingerprint density at radius 2 is 1.59 bits per heavy atom. The zero-order valence-corrected chi connectivity index (χ0v) is 16.0. The normalized spacial score (nSPS) is 51.7. The zero-order valence-electron chi connectivity index (χ0n) is 16.0. The minimum Gasteiger partial charge on any atom is -0.393 e. The number of ether oxygens (including phenoxy) is 5. The number of rotatable bonds is 5. The second kappa shape index (κ2) is 9.34. The molecule has 170 valence electrons. The van der Waals surface area contributed by atoms with Crippen LogP contribution in [0.1, 0.15) is 13.3 Å². The SMILES string of the molecule is C[C@@H]1OC[C@H](O)[C@H](O)[C@H]1O[C@@H]1OC[C@@H](O)[C@H](O[C@H]2C[C@H](O)[C@@](O)(CO)CO2)[C@H]1O. The van der Waals surface area contributed by atoms with Crippen LogP contribution in [0.15, 0.2) is 0 Å². The summed E-state index contributed by atoms with van der Waals surface area (Å²) in [4.78, 5) is 0. The Bertz CT molecular complexity index is 537. The van der Waals surface area contributed by atoms with Crippen LogP contribution in [0, 0.1) is 0 Å². The fourth-order valence-corrected chi connectivity index (χ4v) is 3.57. The molecule has 3 saturated heterocycles. The van der Waals surface area contributed by atoms with E-state index in [0.717, 1.165) is 0 Å². The first-order chi connectivity index (χ1) is 13.7. The van der Waals surface area contributed by atoms with Crippen molar-refractivity contribution in [2.75, 3.05) is 26.4 Å². The lowest BCUT2D eigenvalue weighted by Crippen LogP contribution is -2.61. The highest BCUT2D eigenvalue weighted by Crippen LogP contribution is 2.29. The lowest BCUT2D eigenvalue weighted by Gasteiger charge is -2.44. The molecule has 3 heterocycles. The molecular weight excluding hydrogens is 396 g/mol. The summed E-state index contributed by atoms with van der Waals surface area (Å²) in [7, 11) is 0. The second-order valence-corrected chi connectivity index (χ2v) is 7.81. The van der Waals surface area contributed by atoms with Crippen molar-refractivity contribution in [3.63, 3.8) is 0 Å². The molecule has 0 aliphatic carbocycles. The van der Waals surface area contributed by atoms with Crippen molar-refractivity contribution in [3.8, 4) is 0 Å². The molecule has 0 saturated carbocycles. The Morgan fingerprint density at radius 3 is 2.24 bits per heavy atom. The van der Waals surface area contributed by atoms with Crippen LogP contribution in [0.5, 0.6) is 0 Å². The zero-order chi connectivity index (χ0) is 21.3. The fourth-order valence-electron chi connectivity index (χ4n) is 3.57. The van der Waals surface area contributed by atoms with Crippen molar-refractivity contribution in [3.05, 3.63) is 0 Å². The summed E-state index contributed by atoms with van der Waals surface area (Å²) in [5, 5.41) is 69.8. The molecule has 0 aromatic rings. The second-order valence-electron chi connectivity index (χ2n) is 7.81. The summed E-state index contributed by atoms with van der Waals surface area (Å²) in [6.45, 7) is 0.239. The molecule has 0 radical (unpaired) electrons. The maximum atomic E-state index is 10.6. The maximum Gasteiger partial charge on any atom is 0.186 e. The predicted molar refractivity (Wildman–Crippen MR) is 91.3 cm³/mol. The van der Waals surface area contributed by atoms with Crippen LogP contribution in [0.4, 0.5) is 0 Å². The van der Waals surface area contributed by atoms with E-state index in [1.807, 2.05) is 0 Å². The van der Waals surface area contributed by atoms with Crippen molar-refractivity contribution in [1.29, 1.82) is 0 Å². The van der Waals surface area contributed by atoms with Crippen LogP contribution in [-0.2, 0) is 23.7 Å². The summed E-state index contributed by atoms with van der Waals surface area (Å²) in [5.41, 5.74) is -1.81. The Kier molecular flexibility index (Phi) is 7.47. The molecule has 11 atom stereocenters. The van der Waals surface area contributed by atoms with Crippen molar-refractivity contribution in [1.82, 2.24) is 0 Å². The molecule has 12 heteroatoms. The highest BCUT2D eigenvalue weighted by Gasteiger charge is 2.48. The van der Waals surface area contributed by atoms with Gasteiger partial charge in [0.1, 0.15) is 42.2 Å². The summed E-state index contributed by atoms with van der Waals surface area (Å²) in [5.74, 6) is 0. The molecule has 0 amide bonds. The third-order valence-corrected chi connectivity index (χ3v) is 5.58. The smallest absolute Gasteiger partial charge is 0.186 e. The Labute approximate surface area is 167 Å². The van der Waals surface area contributed by atoms with Gasteiger partial charge in [0, 0.05) is 6.42 Å². The van der Waals surface area contributed by atoms with E-state index in [4.69, 9.17) is 23.7 Å². The Balaban J connectivity index is 1.61. The lowest BCUT2D eigenvalue weighted by molar-refractivity contribution is -0.342. The first-order valence-electron chi connectivity index (χ1n) is 9.55. The van der Waals surface area contributed by atoms with E-state index >= 15 is 0 Å². The van der Waals surface area contributed by atoms with Gasteiger partial charge in [-0.15, -0.1) is 0 Å². The monoisotopic (exact) mass is 426 g/mol. The van der Waals surface area contributed by atoms with E-state index in [1.165, 1.54) is 0 Å². The van der Waals surface area contributed by atoms with Crippen LogP contribution in [0.25, 0.3) is 0 Å². The van der Waals surface area contributed by atoms with E-state index in [0.29, 0.717) is 0 Å². The van der Waals surface area contributed by atoms with Crippen molar-refractivity contribution in [2.24, 2.45) is 0 Å². The van der Waals surface area contributed by atoms with Gasteiger partial charge >= 0.3 is 0 Å². The van der Waals surface area contributed by atoms with E-state index < -0.39 is 80.2 Å². The molecule has 3 rings (SSSR count). The van der Waals surface area contributed by atoms with E-state index in [1.54, 1.807) is 6.92 Å². The fraction of sp³-hybridized carbons (Fsp3) is 1.00. The van der Waals surface area contributed by atoms with Gasteiger partial charge in [0.15, 0.2) is 12.6 Å². The molecule has 0 unspecified atom stereocenters. The van der Waals surface area contributed by atoms with Crippen LogP contribution in [0.2, 0.25) is 0 Å². The minimum absolute atomic E-state index is 0.0533. The lowest BCUT2D eigenvalue weighted by atomic mass is 9.93. The Morgan fingerprint density at radius 1 is 0.897 bits per heavy atom. The van der Waals surface area contributed by atoms with Crippen LogP contribution < -0.4 is 0 Å². The molecule has 0 bridgehead atoms. The van der Waals surface area contributed by atoms with Crippen LogP contribution >= 0.6 is 0 Å². The summed E-state index contributed by atoms with van der Waals surface area (Å²) in [6, 6.07) is 0. The molecular formula is C17H30O12. The molecule has 3 fully saturated rings. The van der Waals surface area contributed by atoms with E-state index in [-0.39, 0.29) is 19.6 Å². The average molecular weight is 426 g/mol. The standard InChI is InChI=1S/C17H30O12/c1-7-14(12(22)8(19)3-25-7)29-16-13(23)15(9(20)4-26-16)28-11-2-10(21)17(24,5-18)6-27-11/h7-16,18-24H,2-6H2,1H3/t7-,8-,9+,10-,11-,12-,13+,14-,15-,16-,17+/m0/s1. The molecule has 7 N–H and O–H groups in total. The first kappa shape index (κ1) is 23.2. The van der Waals surface area contributed by atoms with Gasteiger partial charge in [-0.05, 0) is 6.92 Å². The number of hydrogen-bond acceptors (Lipinski definition) is 12. The molecule has 0 aromatic heterocycles. The quantitative estimate of drug-likeness (QED) is 0.225. The van der Waals surface area contributed by atoms with E-state index in [2.05, 4.69) is 0 Å². The van der Waals surface area contributed by atoms with Gasteiger partial charge in [-0.25, -0.2) is 0 Å². The number of hydrogen-bond donors (Lipinski definition) is 7. The van der Waals surface area contributed by atoms with Gasteiger partial charge in [-0.3, -0.25) is 0 Å². The van der Waals surface area contributed by atoms with E-state index in [9.17, 15) is 35.7 Å². The number of aliphatic hydroxyl groups is 7. The van der Waals surface area contributed by atoms with Gasteiger partial charge in [0.2, 0.25) is 0 Å². The minimum atomic E-state index is -1.81. The van der Waals surface area contributed by atoms with Gasteiger partial charge in [-0.1, -0.05) is 0 Å². The van der Waals surface area contributed by atoms with Crippen molar-refractivity contribution in [2.45, 2.75) is 80.4 Å². The molecule has 12 nitrogen and oxygen atoms in total. The molecule has 3 aliphatic heterocycles. The summed E-state index contributed by atoms with van der Waals surface area (Å²) < 4.78 is 27.1. The summed E-state index contributed by atoms with van der Waals surface area (Å²) in [6.07, 6.45) is -11.8. The molecule has 29 heavy (non-hydrogen) atoms. The predicted octanol–water partition coefficient (Wildman–Crippen LogP) is -4.19. The third kappa shape index (κ3) is 4.89. The largest absolute Gasteiger partial charge is 0.393 e. The van der Waals surface area contributed by atoms with Crippen molar-refractivity contribution < 1.29 is 59.4 Å². The topological polar surface area (TPSA) is 188 Å². The maximum absolute atomic E-state index is 10.6. The van der Waals surface area contributed by atoms with Gasteiger partial charge in [0.05, 0.1) is 38.6 Å². The summed E-state index contributed by atoms with van der Waals surface area (Å²) >= 11 is 0. The highest BCUT2D eigenvalue weighted by atomic mass is 16.7. The van der Waals surface area contributed by atoms with Crippen LogP contribution in [0.3, 0.4) is 0 Å².